The Hall–Kier alpha value is -0.920. The first-order chi connectivity index (χ1) is 4.83. The van der Waals surface area contributed by atoms with Gasteiger partial charge in [-0.3, -0.25) is 0 Å². The van der Waals surface area contributed by atoms with Gasteiger partial charge in [0.1, 0.15) is 0 Å². The topological polar surface area (TPSA) is 24.1 Å². The van der Waals surface area contributed by atoms with E-state index in [0.717, 1.165) is 18.3 Å². The molecule has 1 rings (SSSR count). The van der Waals surface area contributed by atoms with Crippen LogP contribution in [0.25, 0.3) is 0 Å². The van der Waals surface area contributed by atoms with Gasteiger partial charge in [-0.15, -0.1) is 0 Å². The van der Waals surface area contributed by atoms with Crippen LogP contribution in [0.2, 0.25) is 0 Å². The fraction of sp³-hybridized carbons (Fsp3) is 0.500. The summed E-state index contributed by atoms with van der Waals surface area (Å²) in [6.07, 6.45) is 4.37. The van der Waals surface area contributed by atoms with Gasteiger partial charge >= 0.3 is 0 Å². The molecule has 0 amide bonds. The second-order valence-corrected chi connectivity index (χ2v) is 2.65. The minimum atomic E-state index is 0.849. The largest absolute Gasteiger partial charge is 0.372 e. The summed E-state index contributed by atoms with van der Waals surface area (Å²) in [5.74, 6) is 1.74. The standard InChI is InChI=1S/C8H14N2/c1-3-9-7(2)10-6-8-4-5-8/h3,8-10H,1-2,4-6H2. The maximum atomic E-state index is 3.75. The summed E-state index contributed by atoms with van der Waals surface area (Å²) >= 11 is 0. The van der Waals surface area contributed by atoms with Crippen LogP contribution in [0.4, 0.5) is 0 Å². The lowest BCUT2D eigenvalue weighted by Crippen LogP contribution is -2.23. The molecule has 2 heteroatoms. The Morgan fingerprint density at radius 3 is 2.80 bits per heavy atom. The maximum absolute atomic E-state index is 3.75. The molecule has 0 aromatic carbocycles. The molecule has 0 aromatic heterocycles. The molecule has 2 N–H and O–H groups in total. The SMILES string of the molecule is C=CNC(=C)NCC1CC1. The van der Waals surface area contributed by atoms with E-state index in [4.69, 9.17) is 0 Å². The van der Waals surface area contributed by atoms with Gasteiger partial charge in [-0.1, -0.05) is 13.2 Å². The predicted octanol–water partition coefficient (Wildman–Crippen LogP) is 1.19. The van der Waals surface area contributed by atoms with Crippen LogP contribution in [-0.4, -0.2) is 6.54 Å². The summed E-state index contributed by atoms with van der Waals surface area (Å²) in [5.41, 5.74) is 0. The minimum Gasteiger partial charge on any atom is -0.372 e. The highest BCUT2D eigenvalue weighted by Gasteiger charge is 2.20. The van der Waals surface area contributed by atoms with Crippen LogP contribution < -0.4 is 10.6 Å². The Balaban J connectivity index is 1.99. The predicted molar refractivity (Wildman–Crippen MR) is 43.2 cm³/mol. The Kier molecular flexibility index (Phi) is 2.37. The lowest BCUT2D eigenvalue weighted by Gasteiger charge is -2.06. The highest BCUT2D eigenvalue weighted by Crippen LogP contribution is 2.27. The van der Waals surface area contributed by atoms with Crippen LogP contribution >= 0.6 is 0 Å². The summed E-state index contributed by atoms with van der Waals surface area (Å²) in [5, 5.41) is 6.06. The molecule has 0 aromatic rings. The molecular weight excluding hydrogens is 124 g/mol. The fourth-order valence-electron chi connectivity index (χ4n) is 0.764. The van der Waals surface area contributed by atoms with Crippen molar-refractivity contribution >= 4 is 0 Å². The highest BCUT2D eigenvalue weighted by atomic mass is 15.1. The Morgan fingerprint density at radius 2 is 2.30 bits per heavy atom. The quantitative estimate of drug-likeness (QED) is 0.596. The Labute approximate surface area is 62.0 Å². The van der Waals surface area contributed by atoms with Crippen LogP contribution in [-0.2, 0) is 0 Å². The van der Waals surface area contributed by atoms with Crippen molar-refractivity contribution in [3.63, 3.8) is 0 Å². The smallest absolute Gasteiger partial charge is 0.0952 e. The first-order valence-electron chi connectivity index (χ1n) is 3.63. The number of hydrogen-bond donors (Lipinski definition) is 2. The van der Waals surface area contributed by atoms with Gasteiger partial charge < -0.3 is 10.6 Å². The third kappa shape index (κ3) is 2.58. The zero-order valence-corrected chi connectivity index (χ0v) is 6.19. The average molecular weight is 138 g/mol. The molecule has 56 valence electrons. The molecule has 1 aliphatic rings. The second-order valence-electron chi connectivity index (χ2n) is 2.65. The highest BCUT2D eigenvalue weighted by molar-refractivity contribution is 4.93. The van der Waals surface area contributed by atoms with E-state index in [1.54, 1.807) is 6.20 Å². The van der Waals surface area contributed by atoms with Crippen LogP contribution in [0.5, 0.6) is 0 Å². The van der Waals surface area contributed by atoms with Crippen LogP contribution in [0, 0.1) is 5.92 Å². The first kappa shape index (κ1) is 7.19. The molecule has 0 aliphatic heterocycles. The molecule has 1 fully saturated rings. The number of nitrogens with one attached hydrogen (secondary N) is 2. The van der Waals surface area contributed by atoms with Crippen molar-refractivity contribution in [2.45, 2.75) is 12.8 Å². The summed E-state index contributed by atoms with van der Waals surface area (Å²) < 4.78 is 0. The molecule has 1 saturated carbocycles. The van der Waals surface area contributed by atoms with Crippen molar-refractivity contribution < 1.29 is 0 Å². The summed E-state index contributed by atoms with van der Waals surface area (Å²) in [4.78, 5) is 0. The van der Waals surface area contributed by atoms with E-state index >= 15 is 0 Å². The van der Waals surface area contributed by atoms with Crippen molar-refractivity contribution in [1.82, 2.24) is 10.6 Å². The molecule has 0 spiro atoms. The normalized spacial score (nSPS) is 16.0. The zero-order valence-electron chi connectivity index (χ0n) is 6.19. The van der Waals surface area contributed by atoms with Crippen molar-refractivity contribution in [2.75, 3.05) is 6.54 Å². The van der Waals surface area contributed by atoms with E-state index in [9.17, 15) is 0 Å². The molecule has 0 bridgehead atoms. The third-order valence-electron chi connectivity index (χ3n) is 1.58. The lowest BCUT2D eigenvalue weighted by atomic mass is 10.4. The summed E-state index contributed by atoms with van der Waals surface area (Å²) in [6.45, 7) is 8.34. The molecule has 1 aliphatic carbocycles. The molecule has 0 atom stereocenters. The van der Waals surface area contributed by atoms with Crippen molar-refractivity contribution in [3.8, 4) is 0 Å². The first-order valence-corrected chi connectivity index (χ1v) is 3.63. The maximum Gasteiger partial charge on any atom is 0.0952 e. The van der Waals surface area contributed by atoms with Crippen LogP contribution in [0.15, 0.2) is 25.2 Å². The van der Waals surface area contributed by atoms with Gasteiger partial charge in [0.2, 0.25) is 0 Å². The number of rotatable bonds is 5. The van der Waals surface area contributed by atoms with Gasteiger partial charge in [-0.2, -0.15) is 0 Å². The average Bonchev–Trinajstić information content (AvgIpc) is 2.67. The van der Waals surface area contributed by atoms with Gasteiger partial charge in [0.15, 0.2) is 0 Å². The molecule has 0 radical (unpaired) electrons. The van der Waals surface area contributed by atoms with Crippen molar-refractivity contribution in [1.29, 1.82) is 0 Å². The Morgan fingerprint density at radius 1 is 1.60 bits per heavy atom. The Bertz CT molecular complexity index is 136. The third-order valence-corrected chi connectivity index (χ3v) is 1.58. The molecule has 0 heterocycles. The zero-order chi connectivity index (χ0) is 7.40. The monoisotopic (exact) mass is 138 g/mol. The molecule has 0 saturated heterocycles. The van der Waals surface area contributed by atoms with E-state index in [1.165, 1.54) is 12.8 Å². The lowest BCUT2D eigenvalue weighted by molar-refractivity contribution is 0.689. The molecular formula is C8H14N2. The molecule has 10 heavy (non-hydrogen) atoms. The number of hydrogen-bond acceptors (Lipinski definition) is 2. The van der Waals surface area contributed by atoms with Gasteiger partial charge in [0.25, 0.3) is 0 Å². The molecule has 0 unspecified atom stereocenters. The van der Waals surface area contributed by atoms with E-state index < -0.39 is 0 Å². The van der Waals surface area contributed by atoms with E-state index in [2.05, 4.69) is 23.8 Å². The van der Waals surface area contributed by atoms with Crippen molar-refractivity contribution in [3.05, 3.63) is 25.2 Å². The van der Waals surface area contributed by atoms with Crippen LogP contribution in [0.1, 0.15) is 12.8 Å². The second kappa shape index (κ2) is 3.30. The van der Waals surface area contributed by atoms with Crippen LogP contribution in [0.3, 0.4) is 0 Å². The van der Waals surface area contributed by atoms with Gasteiger partial charge in [0, 0.05) is 6.54 Å². The van der Waals surface area contributed by atoms with E-state index in [0.29, 0.717) is 0 Å². The van der Waals surface area contributed by atoms with E-state index in [-0.39, 0.29) is 0 Å². The minimum absolute atomic E-state index is 0.849. The van der Waals surface area contributed by atoms with E-state index in [1.807, 2.05) is 0 Å². The summed E-state index contributed by atoms with van der Waals surface area (Å²) in [7, 11) is 0. The fourth-order valence-corrected chi connectivity index (χ4v) is 0.764. The van der Waals surface area contributed by atoms with Crippen molar-refractivity contribution in [2.24, 2.45) is 5.92 Å². The van der Waals surface area contributed by atoms with Gasteiger partial charge in [0.05, 0.1) is 5.82 Å². The van der Waals surface area contributed by atoms with Gasteiger partial charge in [-0.25, -0.2) is 0 Å². The molecule has 2 nitrogen and oxygen atoms in total. The summed E-state index contributed by atoms with van der Waals surface area (Å²) in [6, 6.07) is 0. The van der Waals surface area contributed by atoms with Gasteiger partial charge in [-0.05, 0) is 25.0 Å².